The van der Waals surface area contributed by atoms with Gasteiger partial charge in [-0.1, -0.05) is 0 Å². The first-order chi connectivity index (χ1) is 8.15. The van der Waals surface area contributed by atoms with E-state index in [2.05, 4.69) is 6.07 Å². The highest BCUT2D eigenvalue weighted by Gasteiger charge is 2.19. The maximum atomic E-state index is 10.9. The number of fused-ring (bicyclic) bond motifs is 1. The molecule has 0 saturated heterocycles. The molecule has 0 unspecified atom stereocenters. The molecule has 0 atom stereocenters. The fourth-order valence-electron chi connectivity index (χ4n) is 2.14. The minimum Gasteiger partial charge on any atom is -0.477 e. The summed E-state index contributed by atoms with van der Waals surface area (Å²) in [7, 11) is 0. The van der Waals surface area contributed by atoms with Crippen LogP contribution in [-0.2, 0) is 12.8 Å². The summed E-state index contributed by atoms with van der Waals surface area (Å²) in [5.41, 5.74) is 7.50. The molecule has 0 amide bonds. The van der Waals surface area contributed by atoms with Gasteiger partial charge in [-0.05, 0) is 37.0 Å². The Balaban J connectivity index is 2.03. The number of thiophene rings is 2. The minimum atomic E-state index is -0.942. The summed E-state index contributed by atoms with van der Waals surface area (Å²) < 4.78 is 0. The van der Waals surface area contributed by atoms with E-state index in [1.807, 2.05) is 0 Å². The Labute approximate surface area is 107 Å². The summed E-state index contributed by atoms with van der Waals surface area (Å²) in [5, 5.41) is 8.98. The zero-order valence-corrected chi connectivity index (χ0v) is 10.7. The molecule has 5 heteroatoms. The van der Waals surface area contributed by atoms with Crippen molar-refractivity contribution in [3.63, 3.8) is 0 Å². The third-order valence-electron chi connectivity index (χ3n) is 2.94. The van der Waals surface area contributed by atoms with Gasteiger partial charge in [-0.15, -0.1) is 22.7 Å². The molecule has 1 aliphatic carbocycles. The molecule has 3 nitrogen and oxygen atoms in total. The lowest BCUT2D eigenvalue weighted by Gasteiger charge is -1.90. The first-order valence-electron chi connectivity index (χ1n) is 5.39. The minimum absolute atomic E-state index is 0.244. The molecule has 17 heavy (non-hydrogen) atoms. The molecule has 0 radical (unpaired) electrons. The Morgan fingerprint density at radius 3 is 2.65 bits per heavy atom. The highest BCUT2D eigenvalue weighted by atomic mass is 32.1. The second-order valence-electron chi connectivity index (χ2n) is 4.11. The summed E-state index contributed by atoms with van der Waals surface area (Å²) in [6.07, 6.45) is 3.56. The number of anilines is 1. The smallest absolute Gasteiger partial charge is 0.348 e. The maximum absolute atomic E-state index is 10.9. The summed E-state index contributed by atoms with van der Waals surface area (Å²) >= 11 is 3.03. The Bertz CT molecular complexity index is 576. The number of aryl methyl sites for hydroxylation is 2. The van der Waals surface area contributed by atoms with E-state index in [1.165, 1.54) is 28.2 Å². The number of carbonyl (C=O) groups is 1. The molecule has 88 valence electrons. The van der Waals surface area contributed by atoms with E-state index in [1.54, 1.807) is 17.4 Å². The highest BCUT2D eigenvalue weighted by molar-refractivity contribution is 7.23. The predicted octanol–water partition coefficient (Wildman–Crippen LogP) is 3.25. The largest absolute Gasteiger partial charge is 0.477 e. The molecule has 1 aliphatic rings. The summed E-state index contributed by atoms with van der Waals surface area (Å²) in [4.78, 5) is 14.8. The monoisotopic (exact) mass is 265 g/mol. The normalized spacial score (nSPS) is 13.9. The van der Waals surface area contributed by atoms with Crippen LogP contribution in [0.1, 0.15) is 26.5 Å². The predicted molar refractivity (Wildman–Crippen MR) is 71.0 cm³/mol. The van der Waals surface area contributed by atoms with Crippen LogP contribution in [0.3, 0.4) is 0 Å². The van der Waals surface area contributed by atoms with Gasteiger partial charge in [-0.2, -0.15) is 0 Å². The van der Waals surface area contributed by atoms with Crippen LogP contribution in [0.4, 0.5) is 5.69 Å². The summed E-state index contributed by atoms with van der Waals surface area (Å²) in [6.45, 7) is 0. The lowest BCUT2D eigenvalue weighted by molar-refractivity contribution is 0.0703. The summed E-state index contributed by atoms with van der Waals surface area (Å²) in [5.74, 6) is -0.942. The van der Waals surface area contributed by atoms with Crippen molar-refractivity contribution in [1.82, 2.24) is 0 Å². The van der Waals surface area contributed by atoms with Gasteiger partial charge in [0.25, 0.3) is 0 Å². The second kappa shape index (κ2) is 3.85. The van der Waals surface area contributed by atoms with Crippen LogP contribution >= 0.6 is 22.7 Å². The molecule has 2 aromatic rings. The van der Waals surface area contributed by atoms with Gasteiger partial charge in [0.1, 0.15) is 4.88 Å². The zero-order valence-electron chi connectivity index (χ0n) is 9.03. The molecule has 0 aromatic carbocycles. The molecule has 0 bridgehead atoms. The van der Waals surface area contributed by atoms with Gasteiger partial charge < -0.3 is 10.8 Å². The maximum Gasteiger partial charge on any atom is 0.348 e. The third-order valence-corrected chi connectivity index (χ3v) is 5.52. The van der Waals surface area contributed by atoms with Crippen LogP contribution in [0.25, 0.3) is 9.75 Å². The van der Waals surface area contributed by atoms with Gasteiger partial charge in [-0.3, -0.25) is 0 Å². The molecule has 0 spiro atoms. The zero-order chi connectivity index (χ0) is 12.0. The van der Waals surface area contributed by atoms with Gasteiger partial charge in [0, 0.05) is 14.6 Å². The Morgan fingerprint density at radius 2 is 2.00 bits per heavy atom. The van der Waals surface area contributed by atoms with Gasteiger partial charge in [0.2, 0.25) is 0 Å². The molecule has 2 aromatic heterocycles. The van der Waals surface area contributed by atoms with Crippen LogP contribution < -0.4 is 5.73 Å². The number of hydrogen-bond acceptors (Lipinski definition) is 4. The average molecular weight is 265 g/mol. The molecule has 0 aliphatic heterocycles. The van der Waals surface area contributed by atoms with E-state index in [-0.39, 0.29) is 4.88 Å². The van der Waals surface area contributed by atoms with Crippen molar-refractivity contribution in [3.05, 3.63) is 27.5 Å². The quantitative estimate of drug-likeness (QED) is 0.876. The Morgan fingerprint density at radius 1 is 1.24 bits per heavy atom. The first-order valence-corrected chi connectivity index (χ1v) is 7.03. The van der Waals surface area contributed by atoms with Crippen molar-refractivity contribution in [1.29, 1.82) is 0 Å². The number of nitrogen functional groups attached to an aromatic ring is 1. The number of aromatic carboxylic acids is 1. The SMILES string of the molecule is Nc1cc(-c2cc3c(s2)CCC3)sc1C(=O)O. The standard InChI is InChI=1S/C12H11NO2S2/c13-7-5-10(17-11(7)12(14)15)9-4-6-2-1-3-8(6)16-9/h4-5H,1-3,13H2,(H,14,15). The third kappa shape index (κ3) is 1.75. The van der Waals surface area contributed by atoms with E-state index in [0.29, 0.717) is 5.69 Å². The number of rotatable bonds is 2. The molecular formula is C12H11NO2S2. The van der Waals surface area contributed by atoms with Crippen LogP contribution in [0.2, 0.25) is 0 Å². The van der Waals surface area contributed by atoms with Crippen molar-refractivity contribution in [2.75, 3.05) is 5.73 Å². The van der Waals surface area contributed by atoms with Crippen molar-refractivity contribution in [2.24, 2.45) is 0 Å². The van der Waals surface area contributed by atoms with Crippen LogP contribution in [-0.4, -0.2) is 11.1 Å². The number of nitrogens with two attached hydrogens (primary N) is 1. The number of carboxylic acids is 1. The molecule has 2 heterocycles. The Kier molecular flexibility index (Phi) is 2.45. The summed E-state index contributed by atoms with van der Waals surface area (Å²) in [6, 6.07) is 3.96. The van der Waals surface area contributed by atoms with E-state index < -0.39 is 5.97 Å². The van der Waals surface area contributed by atoms with Gasteiger partial charge in [-0.25, -0.2) is 4.79 Å². The fraction of sp³-hybridized carbons (Fsp3) is 0.250. The molecule has 3 N–H and O–H groups in total. The van der Waals surface area contributed by atoms with Crippen LogP contribution in [0, 0.1) is 0 Å². The van der Waals surface area contributed by atoms with Crippen molar-refractivity contribution in [2.45, 2.75) is 19.3 Å². The van der Waals surface area contributed by atoms with E-state index in [9.17, 15) is 4.79 Å². The molecule has 3 rings (SSSR count). The Hall–Kier alpha value is -1.33. The van der Waals surface area contributed by atoms with Crippen molar-refractivity contribution < 1.29 is 9.90 Å². The van der Waals surface area contributed by atoms with E-state index >= 15 is 0 Å². The van der Waals surface area contributed by atoms with Crippen molar-refractivity contribution in [3.8, 4) is 9.75 Å². The molecular weight excluding hydrogens is 254 g/mol. The van der Waals surface area contributed by atoms with E-state index in [4.69, 9.17) is 10.8 Å². The number of carboxylic acid groups (broad SMARTS) is 1. The number of hydrogen-bond donors (Lipinski definition) is 2. The van der Waals surface area contributed by atoms with Crippen molar-refractivity contribution >= 4 is 34.3 Å². The average Bonchev–Trinajstić information content (AvgIpc) is 2.88. The fourth-order valence-corrected chi connectivity index (χ4v) is 4.39. The lowest BCUT2D eigenvalue weighted by Crippen LogP contribution is -1.96. The topological polar surface area (TPSA) is 63.3 Å². The van der Waals surface area contributed by atoms with Crippen LogP contribution in [0.5, 0.6) is 0 Å². The molecule has 0 saturated carbocycles. The van der Waals surface area contributed by atoms with E-state index in [0.717, 1.165) is 22.6 Å². The van der Waals surface area contributed by atoms with Crippen LogP contribution in [0.15, 0.2) is 12.1 Å². The molecule has 0 fully saturated rings. The lowest BCUT2D eigenvalue weighted by atomic mass is 10.2. The highest BCUT2D eigenvalue weighted by Crippen LogP contribution is 2.41. The van der Waals surface area contributed by atoms with Gasteiger partial charge in [0.15, 0.2) is 0 Å². The first kappa shape index (κ1) is 10.8. The van der Waals surface area contributed by atoms with Gasteiger partial charge >= 0.3 is 5.97 Å². The van der Waals surface area contributed by atoms with Gasteiger partial charge in [0.05, 0.1) is 5.69 Å². The second-order valence-corrected chi connectivity index (χ2v) is 6.30.